The van der Waals surface area contributed by atoms with E-state index in [0.717, 1.165) is 11.4 Å². The Morgan fingerprint density at radius 2 is 1.79 bits per heavy atom. The van der Waals surface area contributed by atoms with Crippen molar-refractivity contribution in [1.82, 2.24) is 9.99 Å². The van der Waals surface area contributed by atoms with Crippen LogP contribution in [0.3, 0.4) is 0 Å². The zero-order chi connectivity index (χ0) is 16.8. The number of carbonyl (C=O) groups excluding carboxylic acids is 1. The third kappa shape index (κ3) is 3.35. The molecule has 1 amide bonds. The fourth-order valence-corrected chi connectivity index (χ4v) is 2.37. The Kier molecular flexibility index (Phi) is 4.72. The van der Waals surface area contributed by atoms with Crippen LogP contribution >= 0.6 is 0 Å². The highest BCUT2D eigenvalue weighted by molar-refractivity contribution is 5.97. The number of hydrogen-bond donors (Lipinski definition) is 1. The van der Waals surface area contributed by atoms with Crippen molar-refractivity contribution in [1.29, 1.82) is 0 Å². The minimum atomic E-state index is -0.318. The molecule has 3 aromatic rings. The molecule has 0 spiro atoms. The third-order valence-corrected chi connectivity index (χ3v) is 3.53. The topological polar surface area (TPSA) is 55.6 Å². The van der Waals surface area contributed by atoms with Crippen molar-refractivity contribution in [3.8, 4) is 11.4 Å². The lowest BCUT2D eigenvalue weighted by Gasteiger charge is -2.07. The molecule has 0 fully saturated rings. The largest absolute Gasteiger partial charge is 0.496 e. The second-order valence-electron chi connectivity index (χ2n) is 5.04. The zero-order valence-electron chi connectivity index (χ0n) is 13.2. The van der Waals surface area contributed by atoms with E-state index in [1.807, 2.05) is 59.3 Å². The molecule has 1 heterocycles. The number of nitrogens with one attached hydrogen (secondary N) is 1. The van der Waals surface area contributed by atoms with Gasteiger partial charge in [0.1, 0.15) is 5.75 Å². The summed E-state index contributed by atoms with van der Waals surface area (Å²) in [6.45, 7) is 0. The predicted octanol–water partition coefficient (Wildman–Crippen LogP) is 3.25. The molecule has 0 bridgehead atoms. The second-order valence-corrected chi connectivity index (χ2v) is 5.04. The van der Waals surface area contributed by atoms with Gasteiger partial charge in [0.15, 0.2) is 0 Å². The molecule has 0 saturated heterocycles. The SMILES string of the molecule is COc1ccccc1C(=O)N/N=C\c1cccn1-c1ccccc1. The molecule has 24 heavy (non-hydrogen) atoms. The normalized spacial score (nSPS) is 10.7. The summed E-state index contributed by atoms with van der Waals surface area (Å²) in [7, 11) is 1.53. The van der Waals surface area contributed by atoms with E-state index in [1.165, 1.54) is 7.11 Å². The molecular weight excluding hydrogens is 302 g/mol. The van der Waals surface area contributed by atoms with Crippen molar-refractivity contribution < 1.29 is 9.53 Å². The molecule has 5 heteroatoms. The van der Waals surface area contributed by atoms with Crippen LogP contribution in [0.1, 0.15) is 16.1 Å². The maximum atomic E-state index is 12.2. The maximum Gasteiger partial charge on any atom is 0.275 e. The average molecular weight is 319 g/mol. The van der Waals surface area contributed by atoms with Crippen molar-refractivity contribution in [2.75, 3.05) is 7.11 Å². The molecule has 0 saturated carbocycles. The first-order chi connectivity index (χ1) is 11.8. The van der Waals surface area contributed by atoms with E-state index in [-0.39, 0.29) is 5.91 Å². The first-order valence-corrected chi connectivity index (χ1v) is 7.49. The highest BCUT2D eigenvalue weighted by Gasteiger charge is 2.10. The number of ether oxygens (including phenoxy) is 1. The molecule has 0 unspecified atom stereocenters. The van der Waals surface area contributed by atoms with Crippen molar-refractivity contribution in [3.63, 3.8) is 0 Å². The molecule has 120 valence electrons. The van der Waals surface area contributed by atoms with Crippen LogP contribution < -0.4 is 10.2 Å². The fourth-order valence-electron chi connectivity index (χ4n) is 2.37. The Balaban J connectivity index is 1.74. The summed E-state index contributed by atoms with van der Waals surface area (Å²) in [5.41, 5.74) is 4.86. The predicted molar refractivity (Wildman–Crippen MR) is 93.8 cm³/mol. The van der Waals surface area contributed by atoms with Crippen molar-refractivity contribution >= 4 is 12.1 Å². The number of rotatable bonds is 5. The number of benzene rings is 2. The number of carbonyl (C=O) groups is 1. The van der Waals surface area contributed by atoms with Gasteiger partial charge in [0.05, 0.1) is 24.6 Å². The summed E-state index contributed by atoms with van der Waals surface area (Å²) in [6.07, 6.45) is 3.55. The Morgan fingerprint density at radius 3 is 2.58 bits per heavy atom. The van der Waals surface area contributed by atoms with Crippen LogP contribution in [-0.4, -0.2) is 23.8 Å². The second kappa shape index (κ2) is 7.28. The van der Waals surface area contributed by atoms with E-state index < -0.39 is 0 Å². The summed E-state index contributed by atoms with van der Waals surface area (Å²) < 4.78 is 7.16. The first kappa shape index (κ1) is 15.6. The van der Waals surface area contributed by atoms with Crippen LogP contribution in [-0.2, 0) is 0 Å². The highest BCUT2D eigenvalue weighted by atomic mass is 16.5. The Hall–Kier alpha value is -3.34. The van der Waals surface area contributed by atoms with E-state index in [4.69, 9.17) is 4.74 Å². The minimum Gasteiger partial charge on any atom is -0.496 e. The number of methoxy groups -OCH3 is 1. The molecular formula is C19H17N3O2. The lowest BCUT2D eigenvalue weighted by molar-refractivity contribution is 0.0952. The summed E-state index contributed by atoms with van der Waals surface area (Å²) in [5, 5.41) is 4.05. The molecule has 3 rings (SSSR count). The van der Waals surface area contributed by atoms with Gasteiger partial charge in [-0.3, -0.25) is 4.79 Å². The molecule has 0 radical (unpaired) electrons. The molecule has 2 aromatic carbocycles. The smallest absolute Gasteiger partial charge is 0.275 e. The third-order valence-electron chi connectivity index (χ3n) is 3.53. The van der Waals surface area contributed by atoms with Crippen molar-refractivity contribution in [3.05, 3.63) is 84.2 Å². The van der Waals surface area contributed by atoms with Gasteiger partial charge in [-0.05, 0) is 36.4 Å². The van der Waals surface area contributed by atoms with Crippen LogP contribution in [0.2, 0.25) is 0 Å². The maximum absolute atomic E-state index is 12.2. The molecule has 0 atom stereocenters. The van der Waals surface area contributed by atoms with Crippen molar-refractivity contribution in [2.24, 2.45) is 5.10 Å². The summed E-state index contributed by atoms with van der Waals surface area (Å²) in [6, 6.07) is 20.8. The van der Waals surface area contributed by atoms with Crippen molar-refractivity contribution in [2.45, 2.75) is 0 Å². The van der Waals surface area contributed by atoms with E-state index in [1.54, 1.807) is 24.4 Å². The lowest BCUT2D eigenvalue weighted by Crippen LogP contribution is -2.18. The van der Waals surface area contributed by atoms with Gasteiger partial charge in [-0.25, -0.2) is 5.43 Å². The molecule has 0 aliphatic carbocycles. The van der Waals surface area contributed by atoms with Crippen LogP contribution in [0.5, 0.6) is 5.75 Å². The molecule has 1 N–H and O–H groups in total. The molecule has 0 aliphatic rings. The van der Waals surface area contributed by atoms with Crippen LogP contribution in [0.4, 0.5) is 0 Å². The van der Waals surface area contributed by atoms with Crippen LogP contribution in [0, 0.1) is 0 Å². The minimum absolute atomic E-state index is 0.318. The van der Waals surface area contributed by atoms with Gasteiger partial charge in [0.25, 0.3) is 5.91 Å². The van der Waals surface area contributed by atoms with Gasteiger partial charge in [0.2, 0.25) is 0 Å². The van der Waals surface area contributed by atoms with Gasteiger partial charge in [-0.15, -0.1) is 0 Å². The summed E-state index contributed by atoms with van der Waals surface area (Å²) in [4.78, 5) is 12.2. The number of hydrazone groups is 1. The molecule has 5 nitrogen and oxygen atoms in total. The quantitative estimate of drug-likeness (QED) is 0.580. The highest BCUT2D eigenvalue weighted by Crippen LogP contribution is 2.16. The Morgan fingerprint density at radius 1 is 1.04 bits per heavy atom. The van der Waals surface area contributed by atoms with Gasteiger partial charge in [-0.2, -0.15) is 5.10 Å². The van der Waals surface area contributed by atoms with E-state index in [9.17, 15) is 4.79 Å². The fraction of sp³-hybridized carbons (Fsp3) is 0.0526. The van der Waals surface area contributed by atoms with Crippen LogP contribution in [0.15, 0.2) is 78.0 Å². The summed E-state index contributed by atoms with van der Waals surface area (Å²) >= 11 is 0. The number of aromatic nitrogens is 1. The van der Waals surface area contributed by atoms with E-state index in [0.29, 0.717) is 11.3 Å². The number of nitrogens with zero attached hydrogens (tertiary/aromatic N) is 2. The number of para-hydroxylation sites is 2. The van der Waals surface area contributed by atoms with Gasteiger partial charge in [-0.1, -0.05) is 30.3 Å². The van der Waals surface area contributed by atoms with E-state index >= 15 is 0 Å². The lowest BCUT2D eigenvalue weighted by atomic mass is 10.2. The number of hydrogen-bond acceptors (Lipinski definition) is 3. The standard InChI is InChI=1S/C19H17N3O2/c1-24-18-12-6-5-11-17(18)19(23)21-20-14-16-10-7-13-22(16)15-8-3-2-4-9-15/h2-14H,1H3,(H,21,23)/b20-14-. The number of amides is 1. The zero-order valence-corrected chi connectivity index (χ0v) is 13.2. The Bertz CT molecular complexity index is 854. The monoisotopic (exact) mass is 319 g/mol. The van der Waals surface area contributed by atoms with Gasteiger partial charge < -0.3 is 9.30 Å². The molecule has 1 aromatic heterocycles. The van der Waals surface area contributed by atoms with Gasteiger partial charge in [0, 0.05) is 11.9 Å². The first-order valence-electron chi connectivity index (χ1n) is 7.49. The average Bonchev–Trinajstić information content (AvgIpc) is 3.11. The van der Waals surface area contributed by atoms with E-state index in [2.05, 4.69) is 10.5 Å². The molecule has 0 aliphatic heterocycles. The summed E-state index contributed by atoms with van der Waals surface area (Å²) in [5.74, 6) is 0.194. The Labute approximate surface area is 140 Å². The van der Waals surface area contributed by atoms with Crippen LogP contribution in [0.25, 0.3) is 5.69 Å². The van der Waals surface area contributed by atoms with Gasteiger partial charge >= 0.3 is 0 Å².